The molecule has 0 unspecified atom stereocenters. The fraction of sp³-hybridized carbons (Fsp3) is 0.0625. The predicted octanol–water partition coefficient (Wildman–Crippen LogP) is 3.99. The molecule has 0 saturated heterocycles. The monoisotopic (exact) mass is 281 g/mol. The molecule has 0 saturated carbocycles. The molecule has 0 spiro atoms. The summed E-state index contributed by atoms with van der Waals surface area (Å²) in [6, 6.07) is 14.0. The average Bonchev–Trinajstić information content (AvgIpc) is 3.02. The summed E-state index contributed by atoms with van der Waals surface area (Å²) in [6.45, 7) is 0.757. The van der Waals surface area contributed by atoms with Crippen LogP contribution in [0.5, 0.6) is 0 Å². The molecule has 3 heterocycles. The van der Waals surface area contributed by atoms with Gasteiger partial charge in [0, 0.05) is 34.5 Å². The average molecular weight is 282 g/mol. The van der Waals surface area contributed by atoms with Gasteiger partial charge in [0.2, 0.25) is 0 Å². The number of halogens is 1. The molecule has 0 radical (unpaired) electrons. The van der Waals surface area contributed by atoms with Gasteiger partial charge in [-0.15, -0.1) is 0 Å². The molecule has 0 bridgehead atoms. The van der Waals surface area contributed by atoms with Crippen molar-refractivity contribution in [2.45, 2.75) is 6.54 Å². The Labute approximate surface area is 121 Å². The molecule has 0 fully saturated rings. The molecule has 0 aliphatic carbocycles. The van der Waals surface area contributed by atoms with Gasteiger partial charge in [0.25, 0.3) is 0 Å². The zero-order valence-corrected chi connectivity index (χ0v) is 11.5. The van der Waals surface area contributed by atoms with Crippen molar-refractivity contribution in [2.24, 2.45) is 0 Å². The molecule has 3 nitrogen and oxygen atoms in total. The molecule has 0 aliphatic heterocycles. The van der Waals surface area contributed by atoms with E-state index in [2.05, 4.69) is 28.0 Å². The molecular weight excluding hydrogens is 270 g/mol. The maximum atomic E-state index is 6.02. The Kier molecular flexibility index (Phi) is 2.54. The van der Waals surface area contributed by atoms with Crippen molar-refractivity contribution in [1.29, 1.82) is 0 Å². The quantitative estimate of drug-likeness (QED) is 0.544. The van der Waals surface area contributed by atoms with Crippen molar-refractivity contribution < 1.29 is 0 Å². The molecule has 98 valence electrons. The van der Waals surface area contributed by atoms with Crippen LogP contribution in [0.3, 0.4) is 0 Å². The fourth-order valence-corrected chi connectivity index (χ4v) is 2.73. The fourth-order valence-electron chi connectivity index (χ4n) is 2.55. The van der Waals surface area contributed by atoms with E-state index in [1.165, 1.54) is 5.52 Å². The minimum Gasteiger partial charge on any atom is -0.341 e. The Morgan fingerprint density at radius 2 is 2.00 bits per heavy atom. The third-order valence-corrected chi connectivity index (χ3v) is 3.71. The van der Waals surface area contributed by atoms with E-state index in [-0.39, 0.29) is 0 Å². The number of fused-ring (bicyclic) bond motifs is 2. The highest BCUT2D eigenvalue weighted by Gasteiger charge is 2.05. The Hall–Kier alpha value is -2.26. The highest BCUT2D eigenvalue weighted by molar-refractivity contribution is 6.31. The molecule has 3 aromatic heterocycles. The van der Waals surface area contributed by atoms with Crippen LogP contribution in [0.15, 0.2) is 61.1 Å². The van der Waals surface area contributed by atoms with Crippen LogP contribution < -0.4 is 0 Å². The molecule has 0 N–H and O–H groups in total. The van der Waals surface area contributed by atoms with Crippen molar-refractivity contribution in [3.63, 3.8) is 0 Å². The van der Waals surface area contributed by atoms with Gasteiger partial charge in [-0.1, -0.05) is 17.7 Å². The first kappa shape index (κ1) is 11.6. The number of hydrogen-bond acceptors (Lipinski definition) is 1. The molecule has 0 amide bonds. The Bertz CT molecular complexity index is 871. The van der Waals surface area contributed by atoms with Crippen LogP contribution in [0.2, 0.25) is 5.02 Å². The molecule has 0 atom stereocenters. The Morgan fingerprint density at radius 1 is 1.05 bits per heavy atom. The van der Waals surface area contributed by atoms with Gasteiger partial charge in [0.1, 0.15) is 5.65 Å². The van der Waals surface area contributed by atoms with Crippen LogP contribution in [0.4, 0.5) is 0 Å². The minimum absolute atomic E-state index is 0.757. The van der Waals surface area contributed by atoms with E-state index >= 15 is 0 Å². The third-order valence-electron chi connectivity index (χ3n) is 3.48. The zero-order chi connectivity index (χ0) is 13.5. The van der Waals surface area contributed by atoms with Crippen molar-refractivity contribution >= 4 is 28.2 Å². The van der Waals surface area contributed by atoms with Gasteiger partial charge in [-0.25, -0.2) is 4.98 Å². The molecule has 4 heteroatoms. The number of pyridine rings is 1. The SMILES string of the molecule is Clc1ccc2c(ccn2Cc2cn3ccccc3n2)c1. The predicted molar refractivity (Wildman–Crippen MR) is 81.2 cm³/mol. The zero-order valence-electron chi connectivity index (χ0n) is 10.7. The summed E-state index contributed by atoms with van der Waals surface area (Å²) in [5.41, 5.74) is 3.19. The summed E-state index contributed by atoms with van der Waals surface area (Å²) in [6.07, 6.45) is 6.15. The molecular formula is C16H12ClN3. The summed E-state index contributed by atoms with van der Waals surface area (Å²) in [5.74, 6) is 0. The van der Waals surface area contributed by atoms with Gasteiger partial charge < -0.3 is 8.97 Å². The van der Waals surface area contributed by atoms with Crippen LogP contribution in [-0.2, 0) is 6.54 Å². The van der Waals surface area contributed by atoms with Crippen LogP contribution in [0, 0.1) is 0 Å². The normalized spacial score (nSPS) is 11.4. The lowest BCUT2D eigenvalue weighted by Crippen LogP contribution is -1.97. The lowest BCUT2D eigenvalue weighted by molar-refractivity contribution is 0.815. The number of hydrogen-bond donors (Lipinski definition) is 0. The summed E-state index contributed by atoms with van der Waals surface area (Å²) in [7, 11) is 0. The number of aromatic nitrogens is 3. The summed E-state index contributed by atoms with van der Waals surface area (Å²) in [5, 5.41) is 1.92. The summed E-state index contributed by atoms with van der Waals surface area (Å²) in [4.78, 5) is 4.63. The van der Waals surface area contributed by atoms with Crippen molar-refractivity contribution in [3.05, 3.63) is 71.8 Å². The van der Waals surface area contributed by atoms with E-state index in [4.69, 9.17) is 11.6 Å². The standard InChI is InChI=1S/C16H12ClN3/c17-13-4-5-15-12(9-13)6-8-19(15)10-14-11-20-7-2-1-3-16(20)18-14/h1-9,11H,10H2. The first-order chi connectivity index (χ1) is 9.79. The largest absolute Gasteiger partial charge is 0.341 e. The van der Waals surface area contributed by atoms with E-state index in [0.717, 1.165) is 28.3 Å². The van der Waals surface area contributed by atoms with Gasteiger partial charge in [0.05, 0.1) is 12.2 Å². The molecule has 0 aliphatic rings. The second kappa shape index (κ2) is 4.39. The maximum Gasteiger partial charge on any atom is 0.137 e. The van der Waals surface area contributed by atoms with E-state index in [1.54, 1.807) is 0 Å². The second-order valence-electron chi connectivity index (χ2n) is 4.85. The van der Waals surface area contributed by atoms with Gasteiger partial charge in [-0.3, -0.25) is 0 Å². The second-order valence-corrected chi connectivity index (χ2v) is 5.28. The number of rotatable bonds is 2. The number of imidazole rings is 1. The topological polar surface area (TPSA) is 22.2 Å². The maximum absolute atomic E-state index is 6.02. The van der Waals surface area contributed by atoms with Crippen molar-refractivity contribution in [3.8, 4) is 0 Å². The summed E-state index contributed by atoms with van der Waals surface area (Å²) < 4.78 is 4.23. The van der Waals surface area contributed by atoms with E-state index < -0.39 is 0 Å². The third kappa shape index (κ3) is 1.87. The molecule has 4 rings (SSSR count). The van der Waals surface area contributed by atoms with Gasteiger partial charge >= 0.3 is 0 Å². The lowest BCUT2D eigenvalue weighted by atomic mass is 10.2. The Morgan fingerprint density at radius 3 is 2.90 bits per heavy atom. The van der Waals surface area contributed by atoms with Crippen LogP contribution >= 0.6 is 11.6 Å². The molecule has 1 aromatic carbocycles. The van der Waals surface area contributed by atoms with Gasteiger partial charge in [-0.05, 0) is 36.4 Å². The highest BCUT2D eigenvalue weighted by atomic mass is 35.5. The van der Waals surface area contributed by atoms with E-state index in [0.29, 0.717) is 0 Å². The number of nitrogens with zero attached hydrogens (tertiary/aromatic N) is 3. The smallest absolute Gasteiger partial charge is 0.137 e. The van der Waals surface area contributed by atoms with Crippen LogP contribution in [0.25, 0.3) is 16.6 Å². The van der Waals surface area contributed by atoms with Crippen LogP contribution in [-0.4, -0.2) is 14.0 Å². The van der Waals surface area contributed by atoms with Crippen molar-refractivity contribution in [2.75, 3.05) is 0 Å². The van der Waals surface area contributed by atoms with E-state index in [1.807, 2.05) is 47.0 Å². The lowest BCUT2D eigenvalue weighted by Gasteiger charge is -2.02. The highest BCUT2D eigenvalue weighted by Crippen LogP contribution is 2.21. The van der Waals surface area contributed by atoms with Gasteiger partial charge in [0.15, 0.2) is 0 Å². The first-order valence-electron chi connectivity index (χ1n) is 6.47. The van der Waals surface area contributed by atoms with Crippen LogP contribution in [0.1, 0.15) is 5.69 Å². The number of benzene rings is 1. The molecule has 20 heavy (non-hydrogen) atoms. The Balaban J connectivity index is 1.76. The molecule has 4 aromatic rings. The first-order valence-corrected chi connectivity index (χ1v) is 6.84. The minimum atomic E-state index is 0.757. The van der Waals surface area contributed by atoms with E-state index in [9.17, 15) is 0 Å². The summed E-state index contributed by atoms with van der Waals surface area (Å²) >= 11 is 6.02. The van der Waals surface area contributed by atoms with Gasteiger partial charge in [-0.2, -0.15) is 0 Å². The van der Waals surface area contributed by atoms with Crippen molar-refractivity contribution in [1.82, 2.24) is 14.0 Å².